The molecule has 8 nitrogen and oxygen atoms in total. The highest BCUT2D eigenvalue weighted by Gasteiger charge is 2.56. The summed E-state index contributed by atoms with van der Waals surface area (Å²) in [6.07, 6.45) is -1.03. The van der Waals surface area contributed by atoms with Crippen LogP contribution in [0.5, 0.6) is 28.7 Å². The largest absolute Gasteiger partial charge is 0.504 e. The SMILES string of the molecule is C=C(CO)[C@H]1Cc2c(ccc3c2O[C@@H]2COc4cc(OC)c(O)cc4[C@@]2(O)C3=O)O1. The topological polar surface area (TPSA) is 115 Å². The van der Waals surface area contributed by atoms with Crippen LogP contribution in [-0.4, -0.2) is 53.6 Å². The van der Waals surface area contributed by atoms with Gasteiger partial charge in [0.25, 0.3) is 0 Å². The molecule has 0 saturated heterocycles. The number of phenols is 1. The van der Waals surface area contributed by atoms with Gasteiger partial charge >= 0.3 is 0 Å². The van der Waals surface area contributed by atoms with Gasteiger partial charge in [-0.05, 0) is 23.8 Å². The minimum atomic E-state index is -2.02. The number of Topliss-reactive ketones (excluding diaryl/α,β-unsaturated/α-hetero) is 1. The third-order valence-electron chi connectivity index (χ3n) is 5.93. The molecule has 2 aromatic rings. The van der Waals surface area contributed by atoms with E-state index in [-0.39, 0.29) is 41.6 Å². The van der Waals surface area contributed by atoms with Gasteiger partial charge in [0, 0.05) is 23.6 Å². The molecule has 30 heavy (non-hydrogen) atoms. The predicted molar refractivity (Wildman–Crippen MR) is 104 cm³/mol. The Kier molecular flexibility index (Phi) is 4.00. The molecule has 3 atom stereocenters. The molecule has 0 aliphatic carbocycles. The molecule has 3 heterocycles. The number of fused-ring (bicyclic) bond motifs is 6. The minimum Gasteiger partial charge on any atom is -0.504 e. The first kappa shape index (κ1) is 18.8. The number of rotatable bonds is 3. The number of carbonyl (C=O) groups excluding carboxylic acids is 1. The first-order chi connectivity index (χ1) is 14.4. The number of aliphatic hydroxyl groups is 2. The second kappa shape index (κ2) is 6.38. The quantitative estimate of drug-likeness (QED) is 0.650. The van der Waals surface area contributed by atoms with Crippen LogP contribution >= 0.6 is 0 Å². The lowest BCUT2D eigenvalue weighted by atomic mass is 9.77. The Morgan fingerprint density at radius 1 is 1.30 bits per heavy atom. The summed E-state index contributed by atoms with van der Waals surface area (Å²) in [6.45, 7) is 3.54. The average Bonchev–Trinajstić information content (AvgIpc) is 3.19. The molecule has 156 valence electrons. The molecule has 5 rings (SSSR count). The van der Waals surface area contributed by atoms with Gasteiger partial charge < -0.3 is 34.3 Å². The number of aliphatic hydroxyl groups excluding tert-OH is 1. The van der Waals surface area contributed by atoms with Crippen molar-refractivity contribution in [2.24, 2.45) is 0 Å². The zero-order valence-corrected chi connectivity index (χ0v) is 16.2. The predicted octanol–water partition coefficient (Wildman–Crippen LogP) is 1.48. The van der Waals surface area contributed by atoms with Crippen molar-refractivity contribution in [1.82, 2.24) is 0 Å². The van der Waals surface area contributed by atoms with E-state index in [0.29, 0.717) is 29.1 Å². The highest BCUT2D eigenvalue weighted by molar-refractivity contribution is 6.07. The molecule has 2 aromatic carbocycles. The molecule has 0 fully saturated rings. The van der Waals surface area contributed by atoms with E-state index in [1.54, 1.807) is 12.1 Å². The Hall–Kier alpha value is -3.23. The highest BCUT2D eigenvalue weighted by Crippen LogP contribution is 2.51. The van der Waals surface area contributed by atoms with Crippen molar-refractivity contribution >= 4 is 5.78 Å². The Morgan fingerprint density at radius 2 is 2.10 bits per heavy atom. The van der Waals surface area contributed by atoms with E-state index >= 15 is 0 Å². The van der Waals surface area contributed by atoms with E-state index in [2.05, 4.69) is 6.58 Å². The number of methoxy groups -OCH3 is 1. The molecule has 0 spiro atoms. The van der Waals surface area contributed by atoms with Gasteiger partial charge in [-0.25, -0.2) is 0 Å². The lowest BCUT2D eigenvalue weighted by Gasteiger charge is -2.43. The van der Waals surface area contributed by atoms with Crippen LogP contribution in [0.4, 0.5) is 0 Å². The van der Waals surface area contributed by atoms with Gasteiger partial charge in [0.15, 0.2) is 23.2 Å². The molecule has 0 unspecified atom stereocenters. The Bertz CT molecular complexity index is 1090. The van der Waals surface area contributed by atoms with E-state index in [0.717, 1.165) is 0 Å². The molecular formula is C22H20O8. The number of hydrogen-bond acceptors (Lipinski definition) is 8. The summed E-state index contributed by atoms with van der Waals surface area (Å²) in [5.74, 6) is 0.532. The van der Waals surface area contributed by atoms with Crippen molar-refractivity contribution in [2.45, 2.75) is 24.2 Å². The second-order valence-electron chi connectivity index (χ2n) is 7.58. The van der Waals surface area contributed by atoms with Gasteiger partial charge in [-0.15, -0.1) is 0 Å². The monoisotopic (exact) mass is 412 g/mol. The van der Waals surface area contributed by atoms with E-state index in [9.17, 15) is 20.1 Å². The summed E-state index contributed by atoms with van der Waals surface area (Å²) in [5, 5.41) is 31.0. The maximum absolute atomic E-state index is 13.5. The molecule has 8 heteroatoms. The van der Waals surface area contributed by atoms with E-state index in [1.807, 2.05) is 0 Å². The van der Waals surface area contributed by atoms with E-state index < -0.39 is 23.6 Å². The first-order valence-corrected chi connectivity index (χ1v) is 9.47. The summed E-state index contributed by atoms with van der Waals surface area (Å²) in [6, 6.07) is 5.90. The number of ether oxygens (including phenoxy) is 4. The van der Waals surface area contributed by atoms with Gasteiger partial charge in [-0.1, -0.05) is 6.58 Å². The Morgan fingerprint density at radius 3 is 2.83 bits per heavy atom. The zero-order chi connectivity index (χ0) is 21.2. The van der Waals surface area contributed by atoms with Gasteiger partial charge in [-0.2, -0.15) is 0 Å². The molecule has 0 amide bonds. The summed E-state index contributed by atoms with van der Waals surface area (Å²) in [5.41, 5.74) is -0.471. The van der Waals surface area contributed by atoms with Crippen LogP contribution in [0.15, 0.2) is 36.4 Å². The van der Waals surface area contributed by atoms with Gasteiger partial charge in [0.05, 0.1) is 19.3 Å². The minimum absolute atomic E-state index is 0.0695. The van der Waals surface area contributed by atoms with Gasteiger partial charge in [-0.3, -0.25) is 4.79 Å². The van der Waals surface area contributed by atoms with E-state index in [1.165, 1.54) is 19.2 Å². The van der Waals surface area contributed by atoms with Crippen LogP contribution in [-0.2, 0) is 12.0 Å². The van der Waals surface area contributed by atoms with Crippen molar-refractivity contribution in [2.75, 3.05) is 20.3 Å². The zero-order valence-electron chi connectivity index (χ0n) is 16.2. The fourth-order valence-electron chi connectivity index (χ4n) is 4.26. The van der Waals surface area contributed by atoms with Gasteiger partial charge in [0.1, 0.15) is 30.0 Å². The fraction of sp³-hybridized carbons (Fsp3) is 0.318. The average molecular weight is 412 g/mol. The van der Waals surface area contributed by atoms with Crippen LogP contribution in [0.1, 0.15) is 21.5 Å². The Labute approximate surface area is 171 Å². The number of carbonyl (C=O) groups is 1. The van der Waals surface area contributed by atoms with Crippen LogP contribution in [0.25, 0.3) is 0 Å². The van der Waals surface area contributed by atoms with Gasteiger partial charge in [0.2, 0.25) is 5.78 Å². The summed E-state index contributed by atoms with van der Waals surface area (Å²) in [7, 11) is 1.40. The fourth-order valence-corrected chi connectivity index (χ4v) is 4.26. The summed E-state index contributed by atoms with van der Waals surface area (Å²) in [4.78, 5) is 13.5. The maximum Gasteiger partial charge on any atom is 0.206 e. The second-order valence-corrected chi connectivity index (χ2v) is 7.58. The number of benzene rings is 2. The van der Waals surface area contributed by atoms with Crippen molar-refractivity contribution in [3.8, 4) is 28.7 Å². The smallest absolute Gasteiger partial charge is 0.206 e. The standard InChI is InChI=1S/C22H20O8/c1-10(8-23)16-5-12-15(29-16)4-3-11-20(12)30-19-9-28-17-7-18(27-2)14(24)6-13(17)22(19,26)21(11)25/h3-4,6-7,16,19,23-24,26H,1,5,8-9H2,2H3/t16-,19-,22+/m1/s1. The van der Waals surface area contributed by atoms with Crippen LogP contribution < -0.4 is 18.9 Å². The van der Waals surface area contributed by atoms with Crippen molar-refractivity contribution < 1.29 is 39.1 Å². The van der Waals surface area contributed by atoms with Crippen molar-refractivity contribution in [3.05, 3.63) is 53.1 Å². The summed E-state index contributed by atoms with van der Waals surface area (Å²) >= 11 is 0. The normalized spacial score (nSPS) is 25.6. The molecule has 0 radical (unpaired) electrons. The van der Waals surface area contributed by atoms with Crippen LogP contribution in [0, 0.1) is 0 Å². The lowest BCUT2D eigenvalue weighted by molar-refractivity contribution is -0.0802. The van der Waals surface area contributed by atoms with Crippen LogP contribution in [0.2, 0.25) is 0 Å². The molecule has 3 N–H and O–H groups in total. The molecule has 3 aliphatic rings. The maximum atomic E-state index is 13.5. The number of phenolic OH excluding ortho intramolecular Hbond substituents is 1. The number of ketones is 1. The lowest BCUT2D eigenvalue weighted by Crippen LogP contribution is -2.57. The Balaban J connectivity index is 1.60. The number of hydrogen-bond donors (Lipinski definition) is 3. The highest BCUT2D eigenvalue weighted by atomic mass is 16.6. The van der Waals surface area contributed by atoms with E-state index in [4.69, 9.17) is 18.9 Å². The number of aromatic hydroxyl groups is 1. The van der Waals surface area contributed by atoms with Crippen LogP contribution in [0.3, 0.4) is 0 Å². The molecular weight excluding hydrogens is 392 g/mol. The molecule has 0 bridgehead atoms. The first-order valence-electron chi connectivity index (χ1n) is 9.47. The summed E-state index contributed by atoms with van der Waals surface area (Å²) < 4.78 is 22.7. The molecule has 0 saturated carbocycles. The third kappa shape index (κ3) is 2.37. The molecule has 3 aliphatic heterocycles. The third-order valence-corrected chi connectivity index (χ3v) is 5.93. The molecule has 0 aromatic heterocycles. The van der Waals surface area contributed by atoms with Crippen molar-refractivity contribution in [3.63, 3.8) is 0 Å². The van der Waals surface area contributed by atoms with Crippen molar-refractivity contribution in [1.29, 1.82) is 0 Å².